The van der Waals surface area contributed by atoms with E-state index in [0.717, 1.165) is 116 Å². The van der Waals surface area contributed by atoms with Crippen LogP contribution < -0.4 is 0 Å². The quantitative estimate of drug-likeness (QED) is 0.0354. The second-order valence-electron chi connectivity index (χ2n) is 26.6. The number of amides is 1. The molecule has 0 saturated carbocycles. The monoisotopic (exact) mass is 1140 g/mol. The van der Waals surface area contributed by atoms with Crippen molar-refractivity contribution in [1.82, 2.24) is 14.7 Å². The Morgan fingerprint density at radius 2 is 0.859 bits per heavy atom. The minimum atomic E-state index is -2.18. The van der Waals surface area contributed by atoms with Crippen molar-refractivity contribution < 1.29 is 42.6 Å². The molecule has 0 radical (unpaired) electrons. The molecule has 0 aromatic carbocycles. The predicted molar refractivity (Wildman–Crippen MR) is 334 cm³/mol. The molecule has 0 aliphatic carbocycles. The summed E-state index contributed by atoms with van der Waals surface area (Å²) in [6.07, 6.45) is 34.7. The molecule has 1 N–H and O–H groups in total. The first-order chi connectivity index (χ1) is 36.8. The number of carbonyl (C=O) groups is 4. The summed E-state index contributed by atoms with van der Waals surface area (Å²) in [7, 11) is -0.890. The van der Waals surface area contributed by atoms with Crippen LogP contribution in [0.15, 0.2) is 0 Å². The number of likely N-dealkylation sites (N-methyl/N-ethyl adjacent to an activating group) is 2. The SMILES string of the molecule is CCCCCCCCCCC(=O)OCCCCC(CN(CCCCN(C)C(=O)CN(C)CC(=O)O)CC(CCCCCOC(=O)C(CCCCCCCC)CCCCCCCC)O[Si](C)(C)C(C)(C)C)O[Si](C)(C)C(C)(C)C. The van der Waals surface area contributed by atoms with Gasteiger partial charge in [-0.1, -0.05) is 191 Å². The maximum atomic E-state index is 13.6. The van der Waals surface area contributed by atoms with Gasteiger partial charge in [-0.25, -0.2) is 0 Å². The van der Waals surface area contributed by atoms with E-state index in [1.165, 1.54) is 108 Å². The second-order valence-corrected chi connectivity index (χ2v) is 36.1. The van der Waals surface area contributed by atoms with Gasteiger partial charge < -0.3 is 28.3 Å². The van der Waals surface area contributed by atoms with E-state index in [-0.39, 0.29) is 59.1 Å². The van der Waals surface area contributed by atoms with Crippen molar-refractivity contribution in [1.29, 1.82) is 0 Å². The van der Waals surface area contributed by atoms with E-state index in [9.17, 15) is 24.3 Å². The number of hydrogen-bond donors (Lipinski definition) is 1. The van der Waals surface area contributed by atoms with Crippen molar-refractivity contribution in [2.45, 2.75) is 316 Å². The number of carboxylic acids is 1. The molecule has 0 heterocycles. The van der Waals surface area contributed by atoms with Gasteiger partial charge in [-0.15, -0.1) is 0 Å². The standard InChI is InChI=1S/C64H129N3O9Si2/c1-16-19-22-25-28-29-32-37-47-61(71)73-50-42-38-46-58(76-78(14,15)64(7,8)9)53-67(49-40-39-48-66(11)59(68)54-65(10)55-60(69)70)52-57(75-77(12,13)63(4,5)6)45-36-33-41-51-74-62(72)56(43-34-30-26-23-20-17-2)44-35-31-27-24-21-18-3/h56-58H,16-55H2,1-15H3,(H,69,70). The van der Waals surface area contributed by atoms with E-state index in [0.29, 0.717) is 26.2 Å². The largest absolute Gasteiger partial charge is 0.480 e. The van der Waals surface area contributed by atoms with E-state index < -0.39 is 22.6 Å². The highest BCUT2D eigenvalue weighted by Crippen LogP contribution is 2.39. The minimum Gasteiger partial charge on any atom is -0.480 e. The molecule has 0 aromatic heterocycles. The zero-order chi connectivity index (χ0) is 58.9. The van der Waals surface area contributed by atoms with Gasteiger partial charge in [-0.2, -0.15) is 0 Å². The van der Waals surface area contributed by atoms with Gasteiger partial charge in [0.25, 0.3) is 0 Å². The zero-order valence-electron chi connectivity index (χ0n) is 54.1. The number of carboxylic acid groups (broad SMARTS) is 1. The molecule has 78 heavy (non-hydrogen) atoms. The molecule has 0 aliphatic heterocycles. The normalized spacial score (nSPS) is 13.4. The molecule has 2 atom stereocenters. The molecule has 462 valence electrons. The van der Waals surface area contributed by atoms with E-state index in [2.05, 4.69) is 93.4 Å². The van der Waals surface area contributed by atoms with Gasteiger partial charge in [-0.05, 0) is 120 Å². The lowest BCUT2D eigenvalue weighted by atomic mass is 9.94. The minimum absolute atomic E-state index is 0.00971. The molecule has 14 heteroatoms. The highest BCUT2D eigenvalue weighted by Gasteiger charge is 2.41. The summed E-state index contributed by atoms with van der Waals surface area (Å²) in [4.78, 5) is 56.4. The maximum absolute atomic E-state index is 13.6. The Hall–Kier alpha value is -1.85. The van der Waals surface area contributed by atoms with E-state index in [4.69, 9.17) is 18.3 Å². The molecule has 2 unspecified atom stereocenters. The first-order valence-corrected chi connectivity index (χ1v) is 38.2. The van der Waals surface area contributed by atoms with Gasteiger partial charge in [-0.3, -0.25) is 29.0 Å². The van der Waals surface area contributed by atoms with Crippen LogP contribution in [0.2, 0.25) is 36.3 Å². The lowest BCUT2D eigenvalue weighted by molar-refractivity contribution is -0.149. The summed E-state index contributed by atoms with van der Waals surface area (Å²) in [6, 6.07) is 0. The highest BCUT2D eigenvalue weighted by atomic mass is 28.4. The number of carbonyl (C=O) groups excluding carboxylic acids is 3. The maximum Gasteiger partial charge on any atom is 0.317 e. The Kier molecular flexibility index (Phi) is 43.6. The number of hydrogen-bond acceptors (Lipinski definition) is 10. The van der Waals surface area contributed by atoms with E-state index >= 15 is 0 Å². The van der Waals surface area contributed by atoms with Gasteiger partial charge in [0.1, 0.15) is 0 Å². The fourth-order valence-electron chi connectivity index (χ4n) is 9.64. The topological polar surface area (TPSA) is 135 Å². The molecule has 0 fully saturated rings. The zero-order valence-corrected chi connectivity index (χ0v) is 56.1. The van der Waals surface area contributed by atoms with Crippen LogP contribution in [0.5, 0.6) is 0 Å². The number of aliphatic carboxylic acids is 1. The van der Waals surface area contributed by atoms with Crippen LogP contribution >= 0.6 is 0 Å². The first kappa shape index (κ1) is 76.2. The van der Waals surface area contributed by atoms with Crippen molar-refractivity contribution >= 4 is 40.4 Å². The fourth-order valence-corrected chi connectivity index (χ4v) is 12.4. The van der Waals surface area contributed by atoms with Crippen LogP contribution in [0, 0.1) is 5.92 Å². The Morgan fingerprint density at radius 1 is 0.474 bits per heavy atom. The molecule has 0 aromatic rings. The number of esters is 2. The molecule has 0 aliphatic rings. The summed E-state index contributed by atoms with van der Waals surface area (Å²) >= 11 is 0. The third-order valence-corrected chi connectivity index (χ3v) is 26.0. The Morgan fingerprint density at radius 3 is 1.32 bits per heavy atom. The van der Waals surface area contributed by atoms with Crippen LogP contribution in [0.4, 0.5) is 0 Å². The van der Waals surface area contributed by atoms with Crippen molar-refractivity contribution in [3.63, 3.8) is 0 Å². The van der Waals surface area contributed by atoms with Gasteiger partial charge in [0.05, 0.1) is 44.4 Å². The van der Waals surface area contributed by atoms with Crippen LogP contribution in [0.3, 0.4) is 0 Å². The van der Waals surface area contributed by atoms with E-state index in [1.807, 2.05) is 0 Å². The summed E-state index contributed by atoms with van der Waals surface area (Å²) < 4.78 is 26.5. The van der Waals surface area contributed by atoms with Crippen molar-refractivity contribution in [3.8, 4) is 0 Å². The van der Waals surface area contributed by atoms with Crippen LogP contribution in [0.1, 0.15) is 268 Å². The molecule has 0 bridgehead atoms. The number of rotatable bonds is 52. The molecule has 1 amide bonds. The predicted octanol–water partition coefficient (Wildman–Crippen LogP) is 16.8. The number of nitrogens with zero attached hydrogens (tertiary/aromatic N) is 3. The van der Waals surface area contributed by atoms with Gasteiger partial charge in [0.15, 0.2) is 16.6 Å². The Labute approximate surface area is 484 Å². The first-order valence-electron chi connectivity index (χ1n) is 32.3. The van der Waals surface area contributed by atoms with Crippen molar-refractivity contribution in [2.75, 3.05) is 66.6 Å². The third kappa shape index (κ3) is 39.6. The fraction of sp³-hybridized carbons (Fsp3) is 0.938. The lowest BCUT2D eigenvalue weighted by Crippen LogP contribution is -2.50. The van der Waals surface area contributed by atoms with Crippen LogP contribution in [0.25, 0.3) is 0 Å². The summed E-state index contributed by atoms with van der Waals surface area (Å²) in [5.74, 6) is -1.10. The molecule has 0 rings (SSSR count). The number of ether oxygens (including phenoxy) is 2. The third-order valence-electron chi connectivity index (χ3n) is 16.9. The summed E-state index contributed by atoms with van der Waals surface area (Å²) in [6.45, 7) is 33.7. The average Bonchev–Trinajstić information content (AvgIpc) is 3.34. The summed E-state index contributed by atoms with van der Waals surface area (Å²) in [5, 5.41) is 9.29. The molecule has 0 spiro atoms. The smallest absolute Gasteiger partial charge is 0.317 e. The second kappa shape index (κ2) is 44.7. The lowest BCUT2D eigenvalue weighted by Gasteiger charge is -2.42. The molecule has 0 saturated heterocycles. The van der Waals surface area contributed by atoms with Gasteiger partial charge in [0, 0.05) is 33.1 Å². The van der Waals surface area contributed by atoms with Crippen LogP contribution in [-0.4, -0.2) is 139 Å². The molecular weight excluding hydrogens is 1010 g/mol. The van der Waals surface area contributed by atoms with Gasteiger partial charge in [0.2, 0.25) is 5.91 Å². The number of unbranched alkanes of at least 4 members (excludes halogenated alkanes) is 21. The average molecular weight is 1140 g/mol. The summed E-state index contributed by atoms with van der Waals surface area (Å²) in [5.41, 5.74) is 0. The molecule has 12 nitrogen and oxygen atoms in total. The highest BCUT2D eigenvalue weighted by molar-refractivity contribution is 6.74. The van der Waals surface area contributed by atoms with Crippen molar-refractivity contribution in [2.24, 2.45) is 5.92 Å². The Bertz CT molecular complexity index is 1500. The van der Waals surface area contributed by atoms with Gasteiger partial charge >= 0.3 is 17.9 Å². The van der Waals surface area contributed by atoms with Crippen molar-refractivity contribution in [3.05, 3.63) is 0 Å². The Balaban J connectivity index is 6.24. The van der Waals surface area contributed by atoms with Crippen LogP contribution in [-0.2, 0) is 37.5 Å². The molecular formula is C64H129N3O9Si2. The van der Waals surface area contributed by atoms with E-state index in [1.54, 1.807) is 19.0 Å².